The van der Waals surface area contributed by atoms with E-state index in [9.17, 15) is 4.79 Å². The summed E-state index contributed by atoms with van der Waals surface area (Å²) >= 11 is 5.56. The molecule has 0 aromatic heterocycles. The van der Waals surface area contributed by atoms with Crippen molar-refractivity contribution in [1.82, 2.24) is 5.32 Å². The Balaban J connectivity index is 2.39. The highest BCUT2D eigenvalue weighted by atomic mass is 35.5. The minimum atomic E-state index is 0.0692. The van der Waals surface area contributed by atoms with Crippen molar-refractivity contribution in [1.29, 1.82) is 0 Å². The second-order valence-corrected chi connectivity index (χ2v) is 4.30. The van der Waals surface area contributed by atoms with E-state index in [0.717, 1.165) is 19.3 Å². The van der Waals surface area contributed by atoms with Crippen LogP contribution in [-0.2, 0) is 4.79 Å². The molecule has 0 spiro atoms. The van der Waals surface area contributed by atoms with Gasteiger partial charge in [-0.25, -0.2) is 0 Å². The summed E-state index contributed by atoms with van der Waals surface area (Å²) in [6.07, 6.45) is 3.11. The Kier molecular flexibility index (Phi) is 4.42. The highest BCUT2D eigenvalue weighted by Crippen LogP contribution is 2.30. The summed E-state index contributed by atoms with van der Waals surface area (Å²) < 4.78 is 0. The molecule has 1 rings (SSSR count). The summed E-state index contributed by atoms with van der Waals surface area (Å²) in [6, 6.07) is 0. The molecule has 3 N–H and O–H groups in total. The molecule has 4 heteroatoms. The number of carbonyl (C=O) groups is 1. The molecule has 0 bridgehead atoms. The lowest BCUT2D eigenvalue weighted by molar-refractivity contribution is -0.125. The standard InChI is InChI=1S/C10H17ClN2O/c1-7(11)6-13-10(14)9-4-2-3-8(9)5-12/h8-9H,1-6,12H2,(H,13,14). The van der Waals surface area contributed by atoms with Crippen LogP contribution >= 0.6 is 11.6 Å². The number of nitrogens with one attached hydrogen (secondary N) is 1. The van der Waals surface area contributed by atoms with Crippen LogP contribution in [0.2, 0.25) is 0 Å². The quantitative estimate of drug-likeness (QED) is 0.743. The van der Waals surface area contributed by atoms with Crippen LogP contribution in [0.25, 0.3) is 0 Å². The SMILES string of the molecule is C=C(Cl)CNC(=O)C1CCCC1CN. The Hall–Kier alpha value is -0.540. The molecule has 0 aliphatic heterocycles. The normalized spacial score (nSPS) is 26.1. The van der Waals surface area contributed by atoms with Crippen molar-refractivity contribution in [3.63, 3.8) is 0 Å². The van der Waals surface area contributed by atoms with Crippen molar-refractivity contribution in [2.75, 3.05) is 13.1 Å². The third-order valence-corrected chi connectivity index (χ3v) is 2.89. The van der Waals surface area contributed by atoms with Gasteiger partial charge in [-0.3, -0.25) is 4.79 Å². The summed E-state index contributed by atoms with van der Waals surface area (Å²) in [4.78, 5) is 11.7. The molecule has 1 aliphatic rings. The first-order valence-corrected chi connectivity index (χ1v) is 5.34. The maximum absolute atomic E-state index is 11.7. The molecule has 1 fully saturated rings. The molecule has 2 unspecified atom stereocenters. The summed E-state index contributed by atoms with van der Waals surface area (Å²) in [5.74, 6) is 0.495. The van der Waals surface area contributed by atoms with Crippen LogP contribution in [0, 0.1) is 11.8 Å². The summed E-state index contributed by atoms with van der Waals surface area (Å²) in [5.41, 5.74) is 5.59. The monoisotopic (exact) mass is 216 g/mol. The van der Waals surface area contributed by atoms with Gasteiger partial charge in [0.2, 0.25) is 5.91 Å². The number of rotatable bonds is 4. The predicted octanol–water partition coefficient (Wildman–Crippen LogP) is 1.23. The first kappa shape index (κ1) is 11.5. The van der Waals surface area contributed by atoms with Gasteiger partial charge in [-0.1, -0.05) is 24.6 Å². The van der Waals surface area contributed by atoms with E-state index in [1.165, 1.54) is 0 Å². The zero-order valence-electron chi connectivity index (χ0n) is 8.26. The second kappa shape index (κ2) is 5.37. The molecule has 1 amide bonds. The van der Waals surface area contributed by atoms with Gasteiger partial charge >= 0.3 is 0 Å². The van der Waals surface area contributed by atoms with E-state index in [2.05, 4.69) is 11.9 Å². The first-order chi connectivity index (χ1) is 6.65. The van der Waals surface area contributed by atoms with Crippen molar-refractivity contribution in [3.8, 4) is 0 Å². The lowest BCUT2D eigenvalue weighted by Gasteiger charge is -2.16. The van der Waals surface area contributed by atoms with Gasteiger partial charge in [0.05, 0.1) is 6.54 Å². The highest BCUT2D eigenvalue weighted by molar-refractivity contribution is 6.29. The van der Waals surface area contributed by atoms with E-state index in [1.807, 2.05) is 0 Å². The fourth-order valence-electron chi connectivity index (χ4n) is 1.98. The first-order valence-electron chi connectivity index (χ1n) is 4.96. The molecular formula is C10H17ClN2O. The maximum atomic E-state index is 11.7. The molecule has 1 aliphatic carbocycles. The molecule has 0 saturated heterocycles. The van der Waals surface area contributed by atoms with E-state index in [1.54, 1.807) is 0 Å². The number of hydrogen-bond acceptors (Lipinski definition) is 2. The van der Waals surface area contributed by atoms with Gasteiger partial charge < -0.3 is 11.1 Å². The van der Waals surface area contributed by atoms with E-state index in [0.29, 0.717) is 24.0 Å². The second-order valence-electron chi connectivity index (χ2n) is 3.77. The van der Waals surface area contributed by atoms with Crippen LogP contribution in [0.15, 0.2) is 11.6 Å². The van der Waals surface area contributed by atoms with Crippen LogP contribution in [0.3, 0.4) is 0 Å². The zero-order chi connectivity index (χ0) is 10.6. The van der Waals surface area contributed by atoms with E-state index >= 15 is 0 Å². The van der Waals surface area contributed by atoms with Gasteiger partial charge in [0.15, 0.2) is 0 Å². The smallest absolute Gasteiger partial charge is 0.223 e. The van der Waals surface area contributed by atoms with Crippen molar-refractivity contribution < 1.29 is 4.79 Å². The van der Waals surface area contributed by atoms with Crippen LogP contribution in [0.5, 0.6) is 0 Å². The predicted molar refractivity (Wildman–Crippen MR) is 57.9 cm³/mol. The number of amides is 1. The number of nitrogens with two attached hydrogens (primary N) is 1. The Morgan fingerprint density at radius 1 is 1.57 bits per heavy atom. The third-order valence-electron chi connectivity index (χ3n) is 2.75. The molecule has 0 heterocycles. The van der Waals surface area contributed by atoms with E-state index < -0.39 is 0 Å². The van der Waals surface area contributed by atoms with Crippen molar-refractivity contribution in [2.24, 2.45) is 17.6 Å². The molecule has 3 nitrogen and oxygen atoms in total. The largest absolute Gasteiger partial charge is 0.351 e. The van der Waals surface area contributed by atoms with Crippen molar-refractivity contribution in [2.45, 2.75) is 19.3 Å². The lowest BCUT2D eigenvalue weighted by atomic mass is 9.95. The Labute approximate surface area is 89.7 Å². The average molecular weight is 217 g/mol. The van der Waals surface area contributed by atoms with Crippen LogP contribution < -0.4 is 11.1 Å². The number of halogens is 1. The minimum Gasteiger partial charge on any atom is -0.351 e. The van der Waals surface area contributed by atoms with Gasteiger partial charge in [-0.15, -0.1) is 0 Å². The maximum Gasteiger partial charge on any atom is 0.223 e. The molecule has 2 atom stereocenters. The molecule has 0 aromatic rings. The minimum absolute atomic E-state index is 0.0692. The summed E-state index contributed by atoms with van der Waals surface area (Å²) in [5, 5.41) is 3.22. The summed E-state index contributed by atoms with van der Waals surface area (Å²) in [7, 11) is 0. The molecule has 0 radical (unpaired) electrons. The lowest BCUT2D eigenvalue weighted by Crippen LogP contribution is -2.35. The van der Waals surface area contributed by atoms with Crippen molar-refractivity contribution in [3.05, 3.63) is 11.6 Å². The molecule has 80 valence electrons. The fraction of sp³-hybridized carbons (Fsp3) is 0.700. The van der Waals surface area contributed by atoms with E-state index in [-0.39, 0.29) is 11.8 Å². The Morgan fingerprint density at radius 2 is 2.29 bits per heavy atom. The Bertz CT molecular complexity index is 230. The average Bonchev–Trinajstić information content (AvgIpc) is 2.61. The number of hydrogen-bond donors (Lipinski definition) is 2. The van der Waals surface area contributed by atoms with Crippen LogP contribution in [-0.4, -0.2) is 19.0 Å². The van der Waals surface area contributed by atoms with Gasteiger partial charge in [0, 0.05) is 11.0 Å². The third kappa shape index (κ3) is 3.00. The van der Waals surface area contributed by atoms with Gasteiger partial charge in [-0.05, 0) is 25.3 Å². The topological polar surface area (TPSA) is 55.1 Å². The Morgan fingerprint density at radius 3 is 2.86 bits per heavy atom. The van der Waals surface area contributed by atoms with Crippen molar-refractivity contribution >= 4 is 17.5 Å². The molecule has 1 saturated carbocycles. The summed E-state index contributed by atoms with van der Waals surface area (Å²) in [6.45, 7) is 4.47. The fourth-order valence-corrected chi connectivity index (χ4v) is 2.05. The molecular weight excluding hydrogens is 200 g/mol. The van der Waals surface area contributed by atoms with Crippen LogP contribution in [0.4, 0.5) is 0 Å². The molecule has 0 aromatic carbocycles. The van der Waals surface area contributed by atoms with Gasteiger partial charge in [0.1, 0.15) is 0 Å². The number of carbonyl (C=O) groups excluding carboxylic acids is 1. The molecule has 14 heavy (non-hydrogen) atoms. The van der Waals surface area contributed by atoms with Gasteiger partial charge in [0.25, 0.3) is 0 Å². The van der Waals surface area contributed by atoms with E-state index in [4.69, 9.17) is 17.3 Å². The van der Waals surface area contributed by atoms with Crippen LogP contribution in [0.1, 0.15) is 19.3 Å². The van der Waals surface area contributed by atoms with Gasteiger partial charge in [-0.2, -0.15) is 0 Å². The highest BCUT2D eigenvalue weighted by Gasteiger charge is 2.31. The zero-order valence-corrected chi connectivity index (χ0v) is 9.02.